The number of benzene rings is 1. The van der Waals surface area contributed by atoms with Gasteiger partial charge in [-0.15, -0.1) is 0 Å². The number of carbonyl (C=O) groups excluding carboxylic acids is 1. The number of hydrogen-bond acceptors (Lipinski definition) is 4. The Labute approximate surface area is 139 Å². The van der Waals surface area contributed by atoms with E-state index in [0.29, 0.717) is 17.3 Å². The van der Waals surface area contributed by atoms with E-state index in [1.165, 1.54) is 7.11 Å². The van der Waals surface area contributed by atoms with Gasteiger partial charge in [0.1, 0.15) is 17.5 Å². The van der Waals surface area contributed by atoms with Gasteiger partial charge in [0.05, 0.1) is 13.4 Å². The van der Waals surface area contributed by atoms with Gasteiger partial charge < -0.3 is 19.8 Å². The molecule has 0 radical (unpaired) electrons. The van der Waals surface area contributed by atoms with Crippen LogP contribution < -0.4 is 15.4 Å². The van der Waals surface area contributed by atoms with Crippen molar-refractivity contribution in [2.75, 3.05) is 12.4 Å². The Kier molecular flexibility index (Phi) is 4.76. The summed E-state index contributed by atoms with van der Waals surface area (Å²) in [5.74, 6) is 0.997. The third-order valence-corrected chi connectivity index (χ3v) is 3.45. The van der Waals surface area contributed by atoms with Crippen LogP contribution in [0.5, 0.6) is 5.88 Å². The standard InChI is InChI=1S/C18H17N3O3/c1-23-17-14(9-5-11-19-17)20-18(22)21-16(15-10-6-12-24-15)13-7-3-2-4-8-13/h2-12,16H,1H3,(H2,20,21,22)/t16-/m0/s1. The lowest BCUT2D eigenvalue weighted by Crippen LogP contribution is -2.33. The van der Waals surface area contributed by atoms with Crippen LogP contribution in [0.3, 0.4) is 0 Å². The van der Waals surface area contributed by atoms with Gasteiger partial charge in [-0.3, -0.25) is 0 Å². The van der Waals surface area contributed by atoms with Gasteiger partial charge in [0, 0.05) is 6.20 Å². The molecule has 122 valence electrons. The molecule has 2 heterocycles. The van der Waals surface area contributed by atoms with Gasteiger partial charge in [0.15, 0.2) is 0 Å². The highest BCUT2D eigenvalue weighted by Gasteiger charge is 2.20. The van der Waals surface area contributed by atoms with Gasteiger partial charge in [0.2, 0.25) is 5.88 Å². The van der Waals surface area contributed by atoms with E-state index in [1.54, 1.807) is 30.7 Å². The van der Waals surface area contributed by atoms with E-state index in [2.05, 4.69) is 15.6 Å². The minimum absolute atomic E-state index is 0.349. The van der Waals surface area contributed by atoms with Crippen molar-refractivity contribution in [3.05, 3.63) is 78.4 Å². The zero-order chi connectivity index (χ0) is 16.8. The first kappa shape index (κ1) is 15.6. The fourth-order valence-corrected chi connectivity index (χ4v) is 2.36. The number of ether oxygens (including phenoxy) is 1. The lowest BCUT2D eigenvalue weighted by molar-refractivity contribution is 0.248. The molecule has 3 rings (SSSR count). The van der Waals surface area contributed by atoms with Crippen molar-refractivity contribution in [2.45, 2.75) is 6.04 Å². The lowest BCUT2D eigenvalue weighted by Gasteiger charge is -2.18. The van der Waals surface area contributed by atoms with Crippen LogP contribution in [0.4, 0.5) is 10.5 Å². The summed E-state index contributed by atoms with van der Waals surface area (Å²) in [6, 6.07) is 15.9. The normalized spacial score (nSPS) is 11.5. The molecule has 0 unspecified atom stereocenters. The average molecular weight is 323 g/mol. The summed E-state index contributed by atoms with van der Waals surface area (Å²) >= 11 is 0. The molecule has 6 heteroatoms. The van der Waals surface area contributed by atoms with Crippen LogP contribution in [0.2, 0.25) is 0 Å². The van der Waals surface area contributed by atoms with E-state index in [4.69, 9.17) is 9.15 Å². The van der Waals surface area contributed by atoms with Gasteiger partial charge >= 0.3 is 6.03 Å². The number of carbonyl (C=O) groups is 1. The molecule has 0 saturated heterocycles. The lowest BCUT2D eigenvalue weighted by atomic mass is 10.1. The maximum Gasteiger partial charge on any atom is 0.320 e. The summed E-state index contributed by atoms with van der Waals surface area (Å²) in [5.41, 5.74) is 1.41. The summed E-state index contributed by atoms with van der Waals surface area (Å²) < 4.78 is 10.6. The van der Waals surface area contributed by atoms with E-state index < -0.39 is 6.04 Å². The molecule has 0 saturated carbocycles. The third kappa shape index (κ3) is 3.55. The Bertz CT molecular complexity index is 788. The largest absolute Gasteiger partial charge is 0.480 e. The van der Waals surface area contributed by atoms with Crippen LogP contribution in [0, 0.1) is 0 Å². The van der Waals surface area contributed by atoms with E-state index in [-0.39, 0.29) is 6.03 Å². The molecule has 0 fully saturated rings. The number of methoxy groups -OCH3 is 1. The van der Waals surface area contributed by atoms with E-state index in [9.17, 15) is 4.79 Å². The van der Waals surface area contributed by atoms with Crippen LogP contribution in [-0.4, -0.2) is 18.1 Å². The van der Waals surface area contributed by atoms with Crippen LogP contribution in [0.1, 0.15) is 17.4 Å². The molecule has 2 amide bonds. The first-order valence-corrected chi connectivity index (χ1v) is 7.43. The highest BCUT2D eigenvalue weighted by Crippen LogP contribution is 2.24. The minimum atomic E-state index is -0.399. The van der Waals surface area contributed by atoms with Crippen molar-refractivity contribution < 1.29 is 13.9 Å². The van der Waals surface area contributed by atoms with Crippen molar-refractivity contribution in [1.82, 2.24) is 10.3 Å². The van der Waals surface area contributed by atoms with Crippen molar-refractivity contribution >= 4 is 11.7 Å². The number of rotatable bonds is 5. The fourth-order valence-electron chi connectivity index (χ4n) is 2.36. The van der Waals surface area contributed by atoms with Crippen LogP contribution in [0.15, 0.2) is 71.5 Å². The average Bonchev–Trinajstić information content (AvgIpc) is 3.15. The molecule has 3 aromatic rings. The van der Waals surface area contributed by atoms with Gasteiger partial charge in [0.25, 0.3) is 0 Å². The van der Waals surface area contributed by atoms with Crippen LogP contribution in [-0.2, 0) is 0 Å². The zero-order valence-electron chi connectivity index (χ0n) is 13.1. The number of hydrogen-bond donors (Lipinski definition) is 2. The monoisotopic (exact) mass is 323 g/mol. The number of aromatic nitrogens is 1. The molecule has 0 aliphatic rings. The molecule has 0 aliphatic carbocycles. The summed E-state index contributed by atoms with van der Waals surface area (Å²) in [5, 5.41) is 5.65. The smallest absolute Gasteiger partial charge is 0.320 e. The maximum atomic E-state index is 12.4. The quantitative estimate of drug-likeness (QED) is 0.752. The van der Waals surface area contributed by atoms with E-state index >= 15 is 0 Å². The molecule has 1 aromatic carbocycles. The first-order valence-electron chi connectivity index (χ1n) is 7.43. The fraction of sp³-hybridized carbons (Fsp3) is 0.111. The van der Waals surface area contributed by atoms with Crippen molar-refractivity contribution in [3.63, 3.8) is 0 Å². The molecule has 0 aliphatic heterocycles. The Morgan fingerprint density at radius 1 is 1.12 bits per heavy atom. The van der Waals surface area contributed by atoms with Gasteiger partial charge in [-0.2, -0.15) is 0 Å². The summed E-state index contributed by atoms with van der Waals surface area (Å²) in [6.07, 6.45) is 3.17. The minimum Gasteiger partial charge on any atom is -0.480 e. The number of anilines is 1. The molecule has 2 aromatic heterocycles. The highest BCUT2D eigenvalue weighted by atomic mass is 16.5. The second kappa shape index (κ2) is 7.32. The number of amides is 2. The van der Waals surface area contributed by atoms with Gasteiger partial charge in [-0.05, 0) is 29.8 Å². The van der Waals surface area contributed by atoms with Gasteiger partial charge in [-0.25, -0.2) is 9.78 Å². The van der Waals surface area contributed by atoms with Crippen molar-refractivity contribution in [3.8, 4) is 5.88 Å². The predicted octanol–water partition coefficient (Wildman–Crippen LogP) is 3.59. The maximum absolute atomic E-state index is 12.4. The molecule has 1 atom stereocenters. The number of furan rings is 1. The highest BCUT2D eigenvalue weighted by molar-refractivity contribution is 5.90. The number of nitrogens with one attached hydrogen (secondary N) is 2. The van der Waals surface area contributed by atoms with Crippen molar-refractivity contribution in [2.24, 2.45) is 0 Å². The molecule has 24 heavy (non-hydrogen) atoms. The topological polar surface area (TPSA) is 76.4 Å². The third-order valence-electron chi connectivity index (χ3n) is 3.45. The SMILES string of the molecule is COc1ncccc1NC(=O)N[C@@H](c1ccccc1)c1ccco1. The Morgan fingerprint density at radius 2 is 1.96 bits per heavy atom. The molecule has 2 N–H and O–H groups in total. The zero-order valence-corrected chi connectivity index (χ0v) is 13.1. The van der Waals surface area contributed by atoms with Crippen molar-refractivity contribution in [1.29, 1.82) is 0 Å². The molecule has 0 spiro atoms. The molecule has 0 bridgehead atoms. The second-order valence-corrected chi connectivity index (χ2v) is 5.02. The first-order chi connectivity index (χ1) is 11.8. The molecular weight excluding hydrogens is 306 g/mol. The summed E-state index contributed by atoms with van der Waals surface area (Å²) in [6.45, 7) is 0. The van der Waals surface area contributed by atoms with Crippen LogP contribution in [0.25, 0.3) is 0 Å². The predicted molar refractivity (Wildman–Crippen MR) is 89.9 cm³/mol. The van der Waals surface area contributed by atoms with E-state index in [1.807, 2.05) is 36.4 Å². The second-order valence-electron chi connectivity index (χ2n) is 5.02. The number of pyridine rings is 1. The number of nitrogens with zero attached hydrogens (tertiary/aromatic N) is 1. The Morgan fingerprint density at radius 3 is 2.67 bits per heavy atom. The van der Waals surface area contributed by atoms with E-state index in [0.717, 1.165) is 5.56 Å². The summed E-state index contributed by atoms with van der Waals surface area (Å²) in [7, 11) is 1.50. The summed E-state index contributed by atoms with van der Waals surface area (Å²) in [4.78, 5) is 16.5. The molecular formula is C18H17N3O3. The van der Waals surface area contributed by atoms with Gasteiger partial charge in [-0.1, -0.05) is 30.3 Å². The van der Waals surface area contributed by atoms with Crippen LogP contribution >= 0.6 is 0 Å². The Hall–Kier alpha value is -3.28. The Balaban J connectivity index is 1.79. The number of urea groups is 1. The molecule has 6 nitrogen and oxygen atoms in total.